The fourth-order valence-corrected chi connectivity index (χ4v) is 2.10. The maximum Gasteiger partial charge on any atom is 0.199 e. The van der Waals surface area contributed by atoms with Gasteiger partial charge in [-0.25, -0.2) is 0 Å². The predicted octanol–water partition coefficient (Wildman–Crippen LogP) is 2.05. The monoisotopic (exact) mass is 247 g/mol. The number of terminal acetylenes is 1. The Morgan fingerprint density at radius 2 is 2.41 bits per heavy atom. The van der Waals surface area contributed by atoms with Crippen LogP contribution >= 0.6 is 11.6 Å². The van der Waals surface area contributed by atoms with Gasteiger partial charge in [-0.1, -0.05) is 23.6 Å². The smallest absolute Gasteiger partial charge is 0.199 e. The minimum absolute atomic E-state index is 0.453. The maximum atomic E-state index is 6.25. The van der Waals surface area contributed by atoms with Gasteiger partial charge >= 0.3 is 0 Å². The third-order valence-corrected chi connectivity index (χ3v) is 2.86. The number of guanidine groups is 1. The Bertz CT molecular complexity index is 488. The summed E-state index contributed by atoms with van der Waals surface area (Å²) in [6, 6.07) is 5.91. The molecule has 1 aromatic carbocycles. The molecule has 0 aliphatic carbocycles. The Hall–Kier alpha value is -1.66. The standard InChI is InChI=1S/C13H14ClN3/c1-3-8-17(13-15-6-7-16-13)12-5-4-10(2)9-11(12)14/h1,4-5,9H,6-8H2,2H3,(H,15,16). The van der Waals surface area contributed by atoms with Crippen molar-refractivity contribution in [1.29, 1.82) is 0 Å². The fourth-order valence-electron chi connectivity index (χ4n) is 1.76. The lowest BCUT2D eigenvalue weighted by Gasteiger charge is -2.23. The summed E-state index contributed by atoms with van der Waals surface area (Å²) in [5, 5.41) is 3.89. The average Bonchev–Trinajstić information content (AvgIpc) is 2.80. The fraction of sp³-hybridized carbons (Fsp3) is 0.308. The summed E-state index contributed by atoms with van der Waals surface area (Å²) in [6.07, 6.45) is 5.40. The molecule has 2 rings (SSSR count). The van der Waals surface area contributed by atoms with E-state index in [4.69, 9.17) is 18.0 Å². The zero-order valence-corrected chi connectivity index (χ0v) is 10.5. The molecule has 1 N–H and O–H groups in total. The molecule has 88 valence electrons. The maximum absolute atomic E-state index is 6.25. The van der Waals surface area contributed by atoms with E-state index in [0.717, 1.165) is 30.3 Å². The second kappa shape index (κ2) is 5.11. The van der Waals surface area contributed by atoms with Crippen molar-refractivity contribution in [2.45, 2.75) is 6.92 Å². The van der Waals surface area contributed by atoms with E-state index in [1.54, 1.807) is 0 Å². The number of anilines is 1. The minimum atomic E-state index is 0.453. The summed E-state index contributed by atoms with van der Waals surface area (Å²) in [7, 11) is 0. The van der Waals surface area contributed by atoms with Gasteiger partial charge in [-0.15, -0.1) is 6.42 Å². The molecule has 0 amide bonds. The highest BCUT2D eigenvalue weighted by molar-refractivity contribution is 6.34. The summed E-state index contributed by atoms with van der Waals surface area (Å²) >= 11 is 6.25. The van der Waals surface area contributed by atoms with Crippen molar-refractivity contribution >= 4 is 23.2 Å². The summed E-state index contributed by atoms with van der Waals surface area (Å²) in [5.74, 6) is 3.43. The third kappa shape index (κ3) is 2.54. The van der Waals surface area contributed by atoms with Crippen LogP contribution in [-0.2, 0) is 0 Å². The first-order valence-corrected chi connectivity index (χ1v) is 5.85. The largest absolute Gasteiger partial charge is 0.354 e. The van der Waals surface area contributed by atoms with Crippen molar-refractivity contribution in [1.82, 2.24) is 5.32 Å². The molecule has 0 atom stereocenters. The Morgan fingerprint density at radius 1 is 1.59 bits per heavy atom. The zero-order chi connectivity index (χ0) is 12.3. The molecule has 1 aliphatic rings. The first-order valence-electron chi connectivity index (χ1n) is 5.48. The van der Waals surface area contributed by atoms with Crippen LogP contribution in [0.3, 0.4) is 0 Å². The predicted molar refractivity (Wildman–Crippen MR) is 72.7 cm³/mol. The molecule has 0 spiro atoms. The van der Waals surface area contributed by atoms with Gasteiger partial charge in [-0.3, -0.25) is 9.89 Å². The number of aliphatic imine (C=N–C) groups is 1. The van der Waals surface area contributed by atoms with Gasteiger partial charge in [-0.2, -0.15) is 0 Å². The molecular weight excluding hydrogens is 234 g/mol. The number of rotatable bonds is 2. The van der Waals surface area contributed by atoms with Gasteiger partial charge in [0, 0.05) is 6.54 Å². The summed E-state index contributed by atoms with van der Waals surface area (Å²) < 4.78 is 0. The molecule has 0 radical (unpaired) electrons. The minimum Gasteiger partial charge on any atom is -0.354 e. The number of nitrogens with zero attached hydrogens (tertiary/aromatic N) is 2. The van der Waals surface area contributed by atoms with Gasteiger partial charge in [0.1, 0.15) is 0 Å². The van der Waals surface area contributed by atoms with Crippen LogP contribution in [0.4, 0.5) is 5.69 Å². The number of hydrogen-bond donors (Lipinski definition) is 1. The molecule has 3 nitrogen and oxygen atoms in total. The first kappa shape index (κ1) is 11.8. The van der Waals surface area contributed by atoms with Crippen LogP contribution in [0.15, 0.2) is 23.2 Å². The second-order valence-electron chi connectivity index (χ2n) is 3.88. The zero-order valence-electron chi connectivity index (χ0n) is 9.70. The normalized spacial score (nSPS) is 13.8. The Labute approximate surface area is 106 Å². The van der Waals surface area contributed by atoms with Gasteiger partial charge in [0.2, 0.25) is 0 Å². The van der Waals surface area contributed by atoms with Crippen LogP contribution in [0.5, 0.6) is 0 Å². The Balaban J connectivity index is 2.35. The van der Waals surface area contributed by atoms with Crippen LogP contribution in [0, 0.1) is 19.3 Å². The summed E-state index contributed by atoms with van der Waals surface area (Å²) in [5.41, 5.74) is 2.02. The highest BCUT2D eigenvalue weighted by Gasteiger charge is 2.17. The quantitative estimate of drug-likeness (QED) is 0.810. The highest BCUT2D eigenvalue weighted by Crippen LogP contribution is 2.27. The van der Waals surface area contributed by atoms with Crippen LogP contribution in [0.2, 0.25) is 5.02 Å². The van der Waals surface area contributed by atoms with Crippen molar-refractivity contribution in [2.75, 3.05) is 24.5 Å². The summed E-state index contributed by atoms with van der Waals surface area (Å²) in [4.78, 5) is 6.30. The molecule has 17 heavy (non-hydrogen) atoms. The molecule has 1 aliphatic heterocycles. The van der Waals surface area contributed by atoms with Gasteiger partial charge in [0.05, 0.1) is 23.8 Å². The van der Waals surface area contributed by atoms with Crippen molar-refractivity contribution in [3.05, 3.63) is 28.8 Å². The van der Waals surface area contributed by atoms with E-state index in [9.17, 15) is 0 Å². The average molecular weight is 248 g/mol. The topological polar surface area (TPSA) is 27.6 Å². The number of nitrogens with one attached hydrogen (secondary N) is 1. The molecular formula is C13H14ClN3. The van der Waals surface area contributed by atoms with Crippen molar-refractivity contribution in [3.8, 4) is 12.3 Å². The van der Waals surface area contributed by atoms with E-state index in [1.807, 2.05) is 30.0 Å². The Morgan fingerprint density at radius 3 is 3.00 bits per heavy atom. The van der Waals surface area contributed by atoms with Gasteiger partial charge in [0.15, 0.2) is 5.96 Å². The third-order valence-electron chi connectivity index (χ3n) is 2.56. The Kier molecular flexibility index (Phi) is 3.55. The lowest BCUT2D eigenvalue weighted by molar-refractivity contribution is 0.947. The molecule has 0 saturated heterocycles. The lowest BCUT2D eigenvalue weighted by Crippen LogP contribution is -2.39. The molecule has 1 heterocycles. The van der Waals surface area contributed by atoms with Gasteiger partial charge in [0.25, 0.3) is 0 Å². The molecule has 0 fully saturated rings. The molecule has 0 saturated carbocycles. The molecule has 4 heteroatoms. The highest BCUT2D eigenvalue weighted by atomic mass is 35.5. The van der Waals surface area contributed by atoms with Crippen molar-refractivity contribution < 1.29 is 0 Å². The van der Waals surface area contributed by atoms with Crippen LogP contribution in [-0.4, -0.2) is 25.6 Å². The number of halogens is 1. The molecule has 0 bridgehead atoms. The van der Waals surface area contributed by atoms with Gasteiger partial charge in [-0.05, 0) is 24.6 Å². The number of hydrogen-bond acceptors (Lipinski definition) is 3. The summed E-state index contributed by atoms with van der Waals surface area (Å²) in [6.45, 7) is 4.08. The molecule has 0 aromatic heterocycles. The van der Waals surface area contributed by atoms with E-state index in [-0.39, 0.29) is 0 Å². The van der Waals surface area contributed by atoms with Gasteiger partial charge < -0.3 is 5.32 Å². The number of aryl methyl sites for hydroxylation is 1. The van der Waals surface area contributed by atoms with Crippen molar-refractivity contribution in [3.63, 3.8) is 0 Å². The van der Waals surface area contributed by atoms with E-state index < -0.39 is 0 Å². The molecule has 1 aromatic rings. The number of benzene rings is 1. The SMILES string of the molecule is C#CCN(C1=NCCN1)c1ccc(C)cc1Cl. The van der Waals surface area contributed by atoms with Crippen LogP contribution < -0.4 is 10.2 Å². The van der Waals surface area contributed by atoms with Crippen LogP contribution in [0.1, 0.15) is 5.56 Å². The van der Waals surface area contributed by atoms with E-state index >= 15 is 0 Å². The first-order chi connectivity index (χ1) is 8.22. The van der Waals surface area contributed by atoms with E-state index in [2.05, 4.69) is 16.2 Å². The van der Waals surface area contributed by atoms with Crippen LogP contribution in [0.25, 0.3) is 0 Å². The lowest BCUT2D eigenvalue weighted by atomic mass is 10.2. The second-order valence-corrected chi connectivity index (χ2v) is 4.28. The van der Waals surface area contributed by atoms with Crippen molar-refractivity contribution in [2.24, 2.45) is 4.99 Å². The van der Waals surface area contributed by atoms with E-state index in [1.165, 1.54) is 0 Å². The van der Waals surface area contributed by atoms with E-state index in [0.29, 0.717) is 11.6 Å². The molecule has 0 unspecified atom stereocenters.